The molecule has 8 heteroatoms. The Bertz CT molecular complexity index is 647. The summed E-state index contributed by atoms with van der Waals surface area (Å²) in [5, 5.41) is 10.8. The molecule has 0 bridgehead atoms. The number of alkyl halides is 3. The van der Waals surface area contributed by atoms with Crippen LogP contribution in [0.25, 0.3) is 0 Å². The zero-order valence-electron chi connectivity index (χ0n) is 9.79. The molecule has 0 amide bonds. The number of rotatable bonds is 3. The predicted octanol–water partition coefficient (Wildman–Crippen LogP) is 4.16. The number of hydrogen-bond acceptors (Lipinski definition) is 4. The molecule has 1 aromatic heterocycles. The highest BCUT2D eigenvalue weighted by Crippen LogP contribution is 2.37. The summed E-state index contributed by atoms with van der Waals surface area (Å²) in [7, 11) is 0. The second-order valence-electron chi connectivity index (χ2n) is 3.73. The molecular formula is C12H7F3N2O2S. The molecule has 0 saturated heterocycles. The molecule has 104 valence electrons. The number of benzene rings is 1. The molecule has 1 aromatic carbocycles. The first kappa shape index (κ1) is 14.3. The first-order valence-electron chi connectivity index (χ1n) is 5.31. The molecule has 0 fully saturated rings. The maximum Gasteiger partial charge on any atom is 0.416 e. The van der Waals surface area contributed by atoms with Gasteiger partial charge in [0.15, 0.2) is 0 Å². The molecule has 0 N–H and O–H groups in total. The fourth-order valence-electron chi connectivity index (χ4n) is 1.46. The SMILES string of the molecule is O=[N+]([O-])c1cnccc1Sc1cccc(C(F)(F)F)c1. The highest BCUT2D eigenvalue weighted by Gasteiger charge is 2.30. The van der Waals surface area contributed by atoms with E-state index in [1.165, 1.54) is 24.4 Å². The van der Waals surface area contributed by atoms with Crippen molar-refractivity contribution in [3.63, 3.8) is 0 Å². The van der Waals surface area contributed by atoms with E-state index in [4.69, 9.17) is 0 Å². The Kier molecular flexibility index (Phi) is 3.93. The summed E-state index contributed by atoms with van der Waals surface area (Å²) < 4.78 is 37.8. The molecule has 1 heterocycles. The Morgan fingerprint density at radius 3 is 2.65 bits per heavy atom. The lowest BCUT2D eigenvalue weighted by molar-refractivity contribution is -0.388. The van der Waals surface area contributed by atoms with Crippen LogP contribution in [0.1, 0.15) is 5.56 Å². The van der Waals surface area contributed by atoms with Gasteiger partial charge in [-0.15, -0.1) is 0 Å². The molecule has 0 aliphatic carbocycles. The first-order chi connectivity index (χ1) is 9.38. The zero-order chi connectivity index (χ0) is 14.8. The van der Waals surface area contributed by atoms with Gasteiger partial charge in [-0.25, -0.2) is 0 Å². The quantitative estimate of drug-likeness (QED) is 0.631. The normalized spacial score (nSPS) is 11.3. The van der Waals surface area contributed by atoms with Gasteiger partial charge in [0, 0.05) is 11.1 Å². The van der Waals surface area contributed by atoms with Crippen molar-refractivity contribution in [1.82, 2.24) is 4.98 Å². The van der Waals surface area contributed by atoms with E-state index in [-0.39, 0.29) is 15.5 Å². The summed E-state index contributed by atoms with van der Waals surface area (Å²) in [5.74, 6) is 0. The van der Waals surface area contributed by atoms with Crippen molar-refractivity contribution in [3.8, 4) is 0 Å². The fourth-order valence-corrected chi connectivity index (χ4v) is 2.41. The summed E-state index contributed by atoms with van der Waals surface area (Å²) in [6.07, 6.45) is -2.03. The lowest BCUT2D eigenvalue weighted by atomic mass is 10.2. The average molecular weight is 300 g/mol. The minimum absolute atomic E-state index is 0.240. The Balaban J connectivity index is 2.34. The monoisotopic (exact) mass is 300 g/mol. The van der Waals surface area contributed by atoms with Gasteiger partial charge < -0.3 is 0 Å². The van der Waals surface area contributed by atoms with Crippen molar-refractivity contribution < 1.29 is 18.1 Å². The van der Waals surface area contributed by atoms with Crippen molar-refractivity contribution in [2.24, 2.45) is 0 Å². The van der Waals surface area contributed by atoms with Gasteiger partial charge in [-0.3, -0.25) is 15.1 Å². The van der Waals surface area contributed by atoms with E-state index in [2.05, 4.69) is 4.98 Å². The van der Waals surface area contributed by atoms with E-state index < -0.39 is 16.7 Å². The van der Waals surface area contributed by atoms with Crippen molar-refractivity contribution in [2.45, 2.75) is 16.0 Å². The Morgan fingerprint density at radius 1 is 1.25 bits per heavy atom. The number of pyridine rings is 1. The van der Waals surface area contributed by atoms with E-state index in [1.54, 1.807) is 0 Å². The van der Waals surface area contributed by atoms with Gasteiger partial charge in [0.25, 0.3) is 0 Å². The number of aromatic nitrogens is 1. The van der Waals surface area contributed by atoms with Crippen molar-refractivity contribution in [3.05, 3.63) is 58.4 Å². The van der Waals surface area contributed by atoms with Crippen LogP contribution < -0.4 is 0 Å². The Morgan fingerprint density at radius 2 is 2.00 bits per heavy atom. The van der Waals surface area contributed by atoms with E-state index in [1.807, 2.05) is 0 Å². The number of hydrogen-bond donors (Lipinski definition) is 0. The summed E-state index contributed by atoms with van der Waals surface area (Å²) in [5.41, 5.74) is -1.03. The molecule has 0 atom stereocenters. The third-order valence-corrected chi connectivity index (χ3v) is 3.40. The number of nitrogens with zero attached hydrogens (tertiary/aromatic N) is 2. The minimum Gasteiger partial charge on any atom is -0.258 e. The molecule has 0 spiro atoms. The molecule has 2 rings (SSSR count). The lowest BCUT2D eigenvalue weighted by Gasteiger charge is -2.08. The number of nitro groups is 1. The second kappa shape index (κ2) is 5.49. The molecular weight excluding hydrogens is 293 g/mol. The lowest BCUT2D eigenvalue weighted by Crippen LogP contribution is -2.04. The summed E-state index contributed by atoms with van der Waals surface area (Å²) in [6.45, 7) is 0. The Labute approximate surface area is 115 Å². The molecule has 0 radical (unpaired) electrons. The van der Waals surface area contributed by atoms with Crippen LogP contribution in [0, 0.1) is 10.1 Å². The van der Waals surface area contributed by atoms with Crippen LogP contribution in [-0.4, -0.2) is 9.91 Å². The smallest absolute Gasteiger partial charge is 0.258 e. The van der Waals surface area contributed by atoms with Crippen LogP contribution in [0.3, 0.4) is 0 Å². The average Bonchev–Trinajstić information content (AvgIpc) is 2.38. The highest BCUT2D eigenvalue weighted by atomic mass is 32.2. The van der Waals surface area contributed by atoms with Gasteiger partial charge in [-0.05, 0) is 24.3 Å². The molecule has 0 aliphatic heterocycles. The van der Waals surface area contributed by atoms with E-state index in [0.29, 0.717) is 0 Å². The zero-order valence-corrected chi connectivity index (χ0v) is 10.6. The van der Waals surface area contributed by atoms with Crippen LogP contribution >= 0.6 is 11.8 Å². The van der Waals surface area contributed by atoms with Crippen LogP contribution in [-0.2, 0) is 6.18 Å². The minimum atomic E-state index is -4.44. The van der Waals surface area contributed by atoms with Crippen LogP contribution in [0.15, 0.2) is 52.5 Å². The highest BCUT2D eigenvalue weighted by molar-refractivity contribution is 7.99. The molecule has 0 aliphatic rings. The fraction of sp³-hybridized carbons (Fsp3) is 0.0833. The van der Waals surface area contributed by atoms with Gasteiger partial charge in [-0.1, -0.05) is 17.8 Å². The van der Waals surface area contributed by atoms with Crippen molar-refractivity contribution in [1.29, 1.82) is 0 Å². The van der Waals surface area contributed by atoms with Crippen LogP contribution in [0.2, 0.25) is 0 Å². The van der Waals surface area contributed by atoms with Crippen LogP contribution in [0.5, 0.6) is 0 Å². The van der Waals surface area contributed by atoms with Gasteiger partial charge in [0.05, 0.1) is 15.4 Å². The summed E-state index contributed by atoms with van der Waals surface area (Å²) in [4.78, 5) is 14.3. The Hall–Kier alpha value is -2.09. The standard InChI is InChI=1S/C12H7F3N2O2S/c13-12(14,15)8-2-1-3-9(6-8)20-11-4-5-16-7-10(11)17(18)19/h1-7H. The van der Waals surface area contributed by atoms with E-state index in [9.17, 15) is 23.3 Å². The van der Waals surface area contributed by atoms with Gasteiger partial charge in [0.2, 0.25) is 0 Å². The third kappa shape index (κ3) is 3.27. The van der Waals surface area contributed by atoms with E-state index in [0.717, 1.165) is 30.1 Å². The van der Waals surface area contributed by atoms with Crippen molar-refractivity contribution in [2.75, 3.05) is 0 Å². The largest absolute Gasteiger partial charge is 0.416 e. The molecule has 20 heavy (non-hydrogen) atoms. The van der Waals surface area contributed by atoms with Gasteiger partial charge in [-0.2, -0.15) is 13.2 Å². The van der Waals surface area contributed by atoms with Crippen LogP contribution in [0.4, 0.5) is 18.9 Å². The predicted molar refractivity (Wildman–Crippen MR) is 66.5 cm³/mol. The molecule has 0 unspecified atom stereocenters. The van der Waals surface area contributed by atoms with Crippen molar-refractivity contribution >= 4 is 17.4 Å². The van der Waals surface area contributed by atoms with Gasteiger partial charge >= 0.3 is 11.9 Å². The maximum atomic E-state index is 12.6. The van der Waals surface area contributed by atoms with Gasteiger partial charge in [0.1, 0.15) is 6.20 Å². The third-order valence-electron chi connectivity index (χ3n) is 2.35. The summed E-state index contributed by atoms with van der Waals surface area (Å²) >= 11 is 0.891. The second-order valence-corrected chi connectivity index (χ2v) is 4.84. The molecule has 0 saturated carbocycles. The number of halogens is 3. The topological polar surface area (TPSA) is 56.0 Å². The molecule has 4 nitrogen and oxygen atoms in total. The molecule has 2 aromatic rings. The van der Waals surface area contributed by atoms with E-state index >= 15 is 0 Å². The first-order valence-corrected chi connectivity index (χ1v) is 6.13. The summed E-state index contributed by atoms with van der Waals surface area (Å²) in [6, 6.07) is 6.02. The maximum absolute atomic E-state index is 12.6.